The normalized spacial score (nSPS) is 10.4. The second kappa shape index (κ2) is 8.84. The fourth-order valence-electron chi connectivity index (χ4n) is 2.75. The molecule has 0 bridgehead atoms. The summed E-state index contributed by atoms with van der Waals surface area (Å²) in [6.07, 6.45) is 3.81. The van der Waals surface area contributed by atoms with E-state index in [1.54, 1.807) is 25.2 Å². The Morgan fingerprint density at radius 1 is 1.11 bits per heavy atom. The van der Waals surface area contributed by atoms with Crippen molar-refractivity contribution in [2.45, 2.75) is 13.0 Å². The fourth-order valence-corrected chi connectivity index (χ4v) is 2.75. The van der Waals surface area contributed by atoms with Crippen LogP contribution in [-0.2, 0) is 13.0 Å². The third-order valence-corrected chi connectivity index (χ3v) is 4.19. The second-order valence-corrected chi connectivity index (χ2v) is 5.97. The number of methoxy groups -OCH3 is 2. The molecule has 3 rings (SSSR count). The molecule has 140 valence electrons. The maximum absolute atomic E-state index is 12.3. The van der Waals surface area contributed by atoms with E-state index < -0.39 is 0 Å². The van der Waals surface area contributed by atoms with Crippen LogP contribution in [0.15, 0.2) is 55.1 Å². The van der Waals surface area contributed by atoms with E-state index >= 15 is 0 Å². The lowest BCUT2D eigenvalue weighted by Crippen LogP contribution is -2.25. The van der Waals surface area contributed by atoms with Gasteiger partial charge in [0.15, 0.2) is 0 Å². The number of amides is 1. The number of rotatable bonds is 8. The lowest BCUT2D eigenvalue weighted by Gasteiger charge is -2.11. The Morgan fingerprint density at radius 3 is 2.59 bits per heavy atom. The van der Waals surface area contributed by atoms with E-state index in [0.29, 0.717) is 25.1 Å². The van der Waals surface area contributed by atoms with Crippen molar-refractivity contribution in [1.82, 2.24) is 20.1 Å². The Bertz CT molecular complexity index is 877. The molecular formula is C20H22N4O3. The summed E-state index contributed by atoms with van der Waals surface area (Å²) in [6.45, 7) is 1.13. The van der Waals surface area contributed by atoms with Crippen molar-refractivity contribution in [1.29, 1.82) is 0 Å². The van der Waals surface area contributed by atoms with Gasteiger partial charge in [0.1, 0.15) is 24.2 Å². The van der Waals surface area contributed by atoms with Crippen LogP contribution in [0.2, 0.25) is 0 Å². The first-order valence-electron chi connectivity index (χ1n) is 8.60. The number of hydrogen-bond donors (Lipinski definition) is 1. The minimum absolute atomic E-state index is 0.107. The lowest BCUT2D eigenvalue weighted by molar-refractivity contribution is 0.0954. The van der Waals surface area contributed by atoms with Crippen LogP contribution >= 0.6 is 0 Å². The molecule has 7 heteroatoms. The predicted molar refractivity (Wildman–Crippen MR) is 101 cm³/mol. The predicted octanol–water partition coefficient (Wildman–Crippen LogP) is 2.32. The van der Waals surface area contributed by atoms with Crippen molar-refractivity contribution in [3.8, 4) is 11.5 Å². The molecule has 0 aliphatic carbocycles. The maximum atomic E-state index is 12.3. The third-order valence-electron chi connectivity index (χ3n) is 4.19. The summed E-state index contributed by atoms with van der Waals surface area (Å²) >= 11 is 0. The molecule has 2 aromatic carbocycles. The number of aromatic nitrogens is 3. The fraction of sp³-hybridized carbons (Fsp3) is 0.250. The zero-order chi connectivity index (χ0) is 19.1. The van der Waals surface area contributed by atoms with Crippen molar-refractivity contribution in [3.63, 3.8) is 0 Å². The molecule has 7 nitrogen and oxygen atoms in total. The van der Waals surface area contributed by atoms with Gasteiger partial charge < -0.3 is 14.8 Å². The molecule has 0 fully saturated rings. The molecule has 27 heavy (non-hydrogen) atoms. The molecular weight excluding hydrogens is 344 g/mol. The first kappa shape index (κ1) is 18.4. The van der Waals surface area contributed by atoms with E-state index in [4.69, 9.17) is 9.47 Å². The van der Waals surface area contributed by atoms with Crippen molar-refractivity contribution >= 4 is 5.91 Å². The molecule has 0 saturated carbocycles. The van der Waals surface area contributed by atoms with E-state index in [1.807, 2.05) is 42.5 Å². The molecule has 0 radical (unpaired) electrons. The molecule has 1 aromatic heterocycles. The highest BCUT2D eigenvalue weighted by Crippen LogP contribution is 2.24. The van der Waals surface area contributed by atoms with Crippen LogP contribution in [0.25, 0.3) is 0 Å². The molecule has 0 spiro atoms. The zero-order valence-electron chi connectivity index (χ0n) is 15.4. The standard InChI is InChI=1S/C20H22N4O3/c1-26-18-7-8-19(27-2)17(11-18)9-10-22-20(25)16-5-3-15(4-6-16)12-24-14-21-13-23-24/h3-8,11,13-14H,9-10,12H2,1-2H3,(H,22,25). The van der Waals surface area contributed by atoms with E-state index in [0.717, 1.165) is 22.6 Å². The average molecular weight is 366 g/mol. The number of ether oxygens (including phenoxy) is 2. The quantitative estimate of drug-likeness (QED) is 0.662. The van der Waals surface area contributed by atoms with Crippen LogP contribution in [0.4, 0.5) is 0 Å². The van der Waals surface area contributed by atoms with Gasteiger partial charge in [-0.3, -0.25) is 4.79 Å². The Hall–Kier alpha value is -3.35. The van der Waals surface area contributed by atoms with E-state index in [2.05, 4.69) is 15.4 Å². The number of carbonyl (C=O) groups excluding carboxylic acids is 1. The zero-order valence-corrected chi connectivity index (χ0v) is 15.4. The first-order valence-corrected chi connectivity index (χ1v) is 8.60. The first-order chi connectivity index (χ1) is 13.2. The lowest BCUT2D eigenvalue weighted by atomic mass is 10.1. The van der Waals surface area contributed by atoms with Gasteiger partial charge in [-0.1, -0.05) is 12.1 Å². The SMILES string of the molecule is COc1ccc(OC)c(CCNC(=O)c2ccc(Cn3cncn3)cc2)c1. The number of benzene rings is 2. The number of nitrogens with zero attached hydrogens (tertiary/aromatic N) is 3. The highest BCUT2D eigenvalue weighted by atomic mass is 16.5. The van der Waals surface area contributed by atoms with Gasteiger partial charge in [-0.15, -0.1) is 0 Å². The van der Waals surface area contributed by atoms with Crippen molar-refractivity contribution in [2.24, 2.45) is 0 Å². The van der Waals surface area contributed by atoms with Gasteiger partial charge in [0.2, 0.25) is 0 Å². The Kier molecular flexibility index (Phi) is 6.04. The average Bonchev–Trinajstić information content (AvgIpc) is 3.21. The van der Waals surface area contributed by atoms with Crippen molar-refractivity contribution in [2.75, 3.05) is 20.8 Å². The Labute approximate surface area is 158 Å². The Morgan fingerprint density at radius 2 is 1.93 bits per heavy atom. The smallest absolute Gasteiger partial charge is 0.251 e. The topological polar surface area (TPSA) is 78.3 Å². The second-order valence-electron chi connectivity index (χ2n) is 5.97. The summed E-state index contributed by atoms with van der Waals surface area (Å²) in [5.74, 6) is 1.44. The number of nitrogens with one attached hydrogen (secondary N) is 1. The van der Waals surface area contributed by atoms with E-state index in [9.17, 15) is 4.79 Å². The molecule has 1 N–H and O–H groups in total. The Balaban J connectivity index is 1.55. The van der Waals surface area contributed by atoms with Gasteiger partial charge in [0.05, 0.1) is 20.8 Å². The molecule has 0 unspecified atom stereocenters. The summed E-state index contributed by atoms with van der Waals surface area (Å²) in [4.78, 5) is 16.3. The monoisotopic (exact) mass is 366 g/mol. The summed E-state index contributed by atoms with van der Waals surface area (Å²) in [5.41, 5.74) is 2.66. The van der Waals surface area contributed by atoms with Crippen LogP contribution in [0.1, 0.15) is 21.5 Å². The minimum atomic E-state index is -0.107. The molecule has 1 amide bonds. The summed E-state index contributed by atoms with van der Waals surface area (Å²) in [6, 6.07) is 13.1. The minimum Gasteiger partial charge on any atom is -0.497 e. The molecule has 3 aromatic rings. The van der Waals surface area contributed by atoms with Crippen LogP contribution in [0, 0.1) is 0 Å². The van der Waals surface area contributed by atoms with Crippen LogP contribution in [0.5, 0.6) is 11.5 Å². The molecule has 0 aliphatic heterocycles. The highest BCUT2D eigenvalue weighted by Gasteiger charge is 2.08. The van der Waals surface area contributed by atoms with Crippen molar-refractivity contribution in [3.05, 3.63) is 71.8 Å². The summed E-state index contributed by atoms with van der Waals surface area (Å²) < 4.78 is 12.3. The van der Waals surface area contributed by atoms with Crippen LogP contribution in [-0.4, -0.2) is 41.4 Å². The van der Waals surface area contributed by atoms with Crippen LogP contribution < -0.4 is 14.8 Å². The third kappa shape index (κ3) is 4.84. The largest absolute Gasteiger partial charge is 0.497 e. The summed E-state index contributed by atoms with van der Waals surface area (Å²) in [7, 11) is 3.25. The molecule has 0 atom stereocenters. The van der Waals surface area contributed by atoms with Crippen LogP contribution in [0.3, 0.4) is 0 Å². The molecule has 1 heterocycles. The van der Waals surface area contributed by atoms with Crippen molar-refractivity contribution < 1.29 is 14.3 Å². The number of hydrogen-bond acceptors (Lipinski definition) is 5. The summed E-state index contributed by atoms with van der Waals surface area (Å²) in [5, 5.41) is 7.01. The number of carbonyl (C=O) groups is 1. The van der Waals surface area contributed by atoms with Gasteiger partial charge >= 0.3 is 0 Å². The maximum Gasteiger partial charge on any atom is 0.251 e. The molecule has 0 saturated heterocycles. The van der Waals surface area contributed by atoms with Gasteiger partial charge in [-0.05, 0) is 47.9 Å². The van der Waals surface area contributed by atoms with Gasteiger partial charge in [0.25, 0.3) is 5.91 Å². The van der Waals surface area contributed by atoms with Gasteiger partial charge in [-0.25, -0.2) is 9.67 Å². The van der Waals surface area contributed by atoms with Gasteiger partial charge in [-0.2, -0.15) is 5.10 Å². The highest BCUT2D eigenvalue weighted by molar-refractivity contribution is 5.94. The van der Waals surface area contributed by atoms with E-state index in [1.165, 1.54) is 6.33 Å². The van der Waals surface area contributed by atoms with E-state index in [-0.39, 0.29) is 5.91 Å². The molecule has 0 aliphatic rings. The van der Waals surface area contributed by atoms with Gasteiger partial charge in [0, 0.05) is 12.1 Å².